The molecule has 0 saturated heterocycles. The molecule has 1 N–H and O–H groups in total. The third-order valence-electron chi connectivity index (χ3n) is 4.19. The highest BCUT2D eigenvalue weighted by Gasteiger charge is 2.22. The molecule has 0 fully saturated rings. The lowest BCUT2D eigenvalue weighted by molar-refractivity contribution is -0.128. The zero-order chi connectivity index (χ0) is 19.1. The first-order valence-electron chi connectivity index (χ1n) is 8.74. The molecule has 2 aromatic rings. The highest BCUT2D eigenvalue weighted by molar-refractivity contribution is 5.81. The van der Waals surface area contributed by atoms with Crippen molar-refractivity contribution in [2.45, 2.75) is 39.3 Å². The number of ether oxygens (including phenoxy) is 3. The summed E-state index contributed by atoms with van der Waals surface area (Å²) in [7, 11) is 3.22. The topological polar surface area (TPSA) is 56.8 Å². The normalized spacial score (nSPS) is 12.8. The average molecular weight is 357 g/mol. The summed E-state index contributed by atoms with van der Waals surface area (Å²) in [6, 6.07) is 13.0. The van der Waals surface area contributed by atoms with Crippen LogP contribution in [-0.2, 0) is 4.79 Å². The number of amides is 1. The summed E-state index contributed by atoms with van der Waals surface area (Å²) in [5, 5.41) is 3.01. The number of rotatable bonds is 8. The van der Waals surface area contributed by atoms with Crippen molar-refractivity contribution in [3.8, 4) is 17.2 Å². The number of aryl methyl sites for hydroxylation is 1. The molecule has 0 spiro atoms. The summed E-state index contributed by atoms with van der Waals surface area (Å²) in [5.41, 5.74) is 1.94. The van der Waals surface area contributed by atoms with Crippen LogP contribution in [0.25, 0.3) is 0 Å². The second-order valence-corrected chi connectivity index (χ2v) is 6.17. The summed E-state index contributed by atoms with van der Waals surface area (Å²) in [5.74, 6) is 1.95. The van der Waals surface area contributed by atoms with Gasteiger partial charge in [0.15, 0.2) is 6.10 Å². The summed E-state index contributed by atoms with van der Waals surface area (Å²) >= 11 is 0. The first kappa shape index (κ1) is 19.6. The molecule has 5 heteroatoms. The zero-order valence-electron chi connectivity index (χ0n) is 16.0. The second kappa shape index (κ2) is 9.13. The van der Waals surface area contributed by atoms with Crippen LogP contribution in [0.2, 0.25) is 0 Å². The van der Waals surface area contributed by atoms with Gasteiger partial charge in [-0.05, 0) is 56.2 Å². The molecular weight excluding hydrogens is 330 g/mol. The van der Waals surface area contributed by atoms with Crippen LogP contribution in [-0.4, -0.2) is 26.2 Å². The Morgan fingerprint density at radius 1 is 1.08 bits per heavy atom. The molecule has 0 unspecified atom stereocenters. The molecule has 0 aliphatic heterocycles. The van der Waals surface area contributed by atoms with Gasteiger partial charge in [0.05, 0.1) is 20.3 Å². The first-order valence-corrected chi connectivity index (χ1v) is 8.74. The van der Waals surface area contributed by atoms with Gasteiger partial charge in [0.1, 0.15) is 17.2 Å². The van der Waals surface area contributed by atoms with Gasteiger partial charge in [-0.1, -0.05) is 19.1 Å². The minimum atomic E-state index is -0.559. The van der Waals surface area contributed by atoms with Crippen LogP contribution in [0.5, 0.6) is 17.2 Å². The first-order chi connectivity index (χ1) is 12.5. The van der Waals surface area contributed by atoms with E-state index in [1.54, 1.807) is 14.2 Å². The molecule has 5 nitrogen and oxygen atoms in total. The van der Waals surface area contributed by atoms with Crippen LogP contribution in [0.3, 0.4) is 0 Å². The van der Waals surface area contributed by atoms with Crippen molar-refractivity contribution in [1.29, 1.82) is 0 Å². The molecule has 2 atom stereocenters. The van der Waals surface area contributed by atoms with Crippen molar-refractivity contribution in [3.63, 3.8) is 0 Å². The van der Waals surface area contributed by atoms with E-state index in [1.165, 1.54) is 0 Å². The fraction of sp³-hybridized carbons (Fsp3) is 0.381. The van der Waals surface area contributed by atoms with Gasteiger partial charge < -0.3 is 19.5 Å². The molecule has 140 valence electrons. The molecule has 0 aliphatic rings. The van der Waals surface area contributed by atoms with Crippen LogP contribution in [0.15, 0.2) is 42.5 Å². The highest BCUT2D eigenvalue weighted by atomic mass is 16.5. The van der Waals surface area contributed by atoms with Crippen LogP contribution < -0.4 is 19.5 Å². The van der Waals surface area contributed by atoms with Gasteiger partial charge in [-0.2, -0.15) is 0 Å². The maximum atomic E-state index is 12.7. The Hall–Kier alpha value is -2.69. The van der Waals surface area contributed by atoms with Gasteiger partial charge in [-0.15, -0.1) is 0 Å². The lowest BCUT2D eigenvalue weighted by atomic mass is 10.1. The summed E-state index contributed by atoms with van der Waals surface area (Å²) < 4.78 is 16.6. The van der Waals surface area contributed by atoms with Crippen molar-refractivity contribution in [1.82, 2.24) is 5.32 Å². The van der Waals surface area contributed by atoms with Crippen molar-refractivity contribution in [2.75, 3.05) is 14.2 Å². The van der Waals surface area contributed by atoms with Crippen molar-refractivity contribution in [2.24, 2.45) is 0 Å². The van der Waals surface area contributed by atoms with E-state index in [4.69, 9.17) is 14.2 Å². The van der Waals surface area contributed by atoms with Crippen LogP contribution in [0.1, 0.15) is 37.4 Å². The van der Waals surface area contributed by atoms with E-state index >= 15 is 0 Å². The molecule has 0 heterocycles. The van der Waals surface area contributed by atoms with Crippen molar-refractivity contribution in [3.05, 3.63) is 53.6 Å². The van der Waals surface area contributed by atoms with Gasteiger partial charge in [-0.25, -0.2) is 0 Å². The Bertz CT molecular complexity index is 745. The lowest BCUT2D eigenvalue weighted by Gasteiger charge is -2.22. The molecule has 0 saturated carbocycles. The zero-order valence-corrected chi connectivity index (χ0v) is 16.0. The Balaban J connectivity index is 2.11. The maximum Gasteiger partial charge on any atom is 0.261 e. The molecule has 0 radical (unpaired) electrons. The Labute approximate surface area is 155 Å². The Morgan fingerprint density at radius 2 is 1.85 bits per heavy atom. The quantitative estimate of drug-likeness (QED) is 0.774. The summed E-state index contributed by atoms with van der Waals surface area (Å²) in [4.78, 5) is 12.7. The molecule has 0 aromatic heterocycles. The lowest BCUT2D eigenvalue weighted by Crippen LogP contribution is -2.39. The van der Waals surface area contributed by atoms with E-state index in [0.717, 1.165) is 11.1 Å². The average Bonchev–Trinajstić information content (AvgIpc) is 2.65. The van der Waals surface area contributed by atoms with E-state index in [2.05, 4.69) is 5.32 Å². The fourth-order valence-electron chi connectivity index (χ4n) is 2.74. The Morgan fingerprint density at radius 3 is 2.46 bits per heavy atom. The van der Waals surface area contributed by atoms with Crippen LogP contribution >= 0.6 is 0 Å². The number of benzene rings is 2. The maximum absolute atomic E-state index is 12.7. The van der Waals surface area contributed by atoms with E-state index < -0.39 is 6.10 Å². The highest BCUT2D eigenvalue weighted by Crippen LogP contribution is 2.29. The van der Waals surface area contributed by atoms with E-state index in [1.807, 2.05) is 63.2 Å². The third-order valence-corrected chi connectivity index (χ3v) is 4.19. The molecule has 26 heavy (non-hydrogen) atoms. The molecule has 2 aromatic carbocycles. The van der Waals surface area contributed by atoms with Gasteiger partial charge in [0.25, 0.3) is 5.91 Å². The van der Waals surface area contributed by atoms with Gasteiger partial charge in [0.2, 0.25) is 0 Å². The standard InChI is InChI=1S/C21H27NO4/c1-6-19(26-17-9-7-8-14(2)12-17)21(23)22-15(3)18-13-16(24-4)10-11-20(18)25-5/h7-13,15,19H,6H2,1-5H3,(H,22,23)/t15-,19+/m0/s1. The number of methoxy groups -OCH3 is 2. The van der Waals surface area contributed by atoms with Crippen LogP contribution in [0.4, 0.5) is 0 Å². The van der Waals surface area contributed by atoms with E-state index in [9.17, 15) is 4.79 Å². The SMILES string of the molecule is CC[C@@H](Oc1cccc(C)c1)C(=O)N[C@@H](C)c1cc(OC)ccc1OC. The van der Waals surface area contributed by atoms with Gasteiger partial charge in [0, 0.05) is 5.56 Å². The number of nitrogens with one attached hydrogen (secondary N) is 1. The number of carbonyl (C=O) groups is 1. The third kappa shape index (κ3) is 4.91. The predicted octanol–water partition coefficient (Wildman–Crippen LogP) is 4.05. The minimum absolute atomic E-state index is 0.161. The van der Waals surface area contributed by atoms with Crippen LogP contribution in [0, 0.1) is 6.92 Å². The minimum Gasteiger partial charge on any atom is -0.497 e. The van der Waals surface area contributed by atoms with Crippen molar-refractivity contribution >= 4 is 5.91 Å². The molecule has 2 rings (SSSR count). The van der Waals surface area contributed by atoms with Gasteiger partial charge >= 0.3 is 0 Å². The number of hydrogen-bond donors (Lipinski definition) is 1. The largest absolute Gasteiger partial charge is 0.497 e. The second-order valence-electron chi connectivity index (χ2n) is 6.17. The molecule has 1 amide bonds. The number of hydrogen-bond acceptors (Lipinski definition) is 4. The van der Waals surface area contributed by atoms with Crippen molar-refractivity contribution < 1.29 is 19.0 Å². The van der Waals surface area contributed by atoms with E-state index in [-0.39, 0.29) is 11.9 Å². The fourth-order valence-corrected chi connectivity index (χ4v) is 2.74. The van der Waals surface area contributed by atoms with Gasteiger partial charge in [-0.3, -0.25) is 4.79 Å². The molecular formula is C21H27NO4. The molecule has 0 aliphatic carbocycles. The predicted molar refractivity (Wildman–Crippen MR) is 102 cm³/mol. The number of carbonyl (C=O) groups excluding carboxylic acids is 1. The summed E-state index contributed by atoms with van der Waals surface area (Å²) in [6.45, 7) is 5.83. The Kier molecular flexibility index (Phi) is 6.89. The monoisotopic (exact) mass is 357 g/mol. The summed E-state index contributed by atoms with van der Waals surface area (Å²) in [6.07, 6.45) is 0.0118. The van der Waals surface area contributed by atoms with E-state index in [0.29, 0.717) is 23.7 Å². The molecule has 0 bridgehead atoms. The smallest absolute Gasteiger partial charge is 0.261 e.